The average Bonchev–Trinajstić information content (AvgIpc) is 2.95. The van der Waals surface area contributed by atoms with E-state index in [0.717, 1.165) is 17.0 Å². The Hall–Kier alpha value is -1.07. The third-order valence-corrected chi connectivity index (χ3v) is 4.99. The van der Waals surface area contributed by atoms with Gasteiger partial charge in [-0.2, -0.15) is 0 Å². The van der Waals surface area contributed by atoms with Crippen LogP contribution in [0.3, 0.4) is 0 Å². The van der Waals surface area contributed by atoms with Crippen molar-refractivity contribution in [1.29, 1.82) is 0 Å². The highest BCUT2D eigenvalue weighted by Crippen LogP contribution is 2.40. The van der Waals surface area contributed by atoms with Crippen LogP contribution >= 0.6 is 23.1 Å². The second-order valence-corrected chi connectivity index (χ2v) is 6.60. The van der Waals surface area contributed by atoms with Crippen molar-refractivity contribution in [3.8, 4) is 0 Å². The van der Waals surface area contributed by atoms with E-state index in [1.165, 1.54) is 4.70 Å². The molecule has 1 unspecified atom stereocenters. The molecule has 18 heavy (non-hydrogen) atoms. The number of hydrogen-bond acceptors (Lipinski definition) is 5. The number of nitrogens with zero attached hydrogens (tertiary/aromatic N) is 3. The lowest BCUT2D eigenvalue weighted by molar-refractivity contribution is 0.442. The zero-order chi connectivity index (χ0) is 12.7. The molecule has 94 valence electrons. The zero-order valence-corrected chi connectivity index (χ0v) is 12.3. The SMILES string of the molecule is CC(C)c1nc(C2SC=CN2C)c2sccc2n1. The molecule has 0 aliphatic carbocycles. The lowest BCUT2D eigenvalue weighted by atomic mass is 10.2. The van der Waals surface area contributed by atoms with E-state index in [4.69, 9.17) is 4.98 Å². The van der Waals surface area contributed by atoms with Crippen molar-refractivity contribution < 1.29 is 0 Å². The summed E-state index contributed by atoms with van der Waals surface area (Å²) in [5.41, 5.74) is 2.23. The fourth-order valence-corrected chi connectivity index (χ4v) is 3.86. The number of thiophene rings is 1. The van der Waals surface area contributed by atoms with Crippen LogP contribution in [0.5, 0.6) is 0 Å². The molecule has 5 heteroatoms. The predicted molar refractivity (Wildman–Crippen MR) is 78.7 cm³/mol. The molecule has 0 aromatic carbocycles. The number of fused-ring (bicyclic) bond motifs is 1. The second kappa shape index (κ2) is 4.55. The van der Waals surface area contributed by atoms with Crippen LogP contribution in [0.1, 0.15) is 36.7 Å². The molecule has 0 bridgehead atoms. The van der Waals surface area contributed by atoms with Crippen molar-refractivity contribution in [1.82, 2.24) is 14.9 Å². The van der Waals surface area contributed by atoms with Crippen LogP contribution in [0.4, 0.5) is 0 Å². The van der Waals surface area contributed by atoms with E-state index in [2.05, 4.69) is 53.8 Å². The average molecular weight is 277 g/mol. The van der Waals surface area contributed by atoms with E-state index in [9.17, 15) is 0 Å². The number of aromatic nitrogens is 2. The lowest BCUT2D eigenvalue weighted by Gasteiger charge is -2.20. The molecular weight excluding hydrogens is 262 g/mol. The Morgan fingerprint density at radius 1 is 1.33 bits per heavy atom. The quantitative estimate of drug-likeness (QED) is 0.830. The van der Waals surface area contributed by atoms with Gasteiger partial charge in [-0.1, -0.05) is 13.8 Å². The first-order valence-corrected chi connectivity index (χ1v) is 7.78. The van der Waals surface area contributed by atoms with Gasteiger partial charge in [0, 0.05) is 19.2 Å². The summed E-state index contributed by atoms with van der Waals surface area (Å²) >= 11 is 3.53. The van der Waals surface area contributed by atoms with E-state index in [1.54, 1.807) is 23.1 Å². The summed E-state index contributed by atoms with van der Waals surface area (Å²) in [6, 6.07) is 2.09. The van der Waals surface area contributed by atoms with E-state index >= 15 is 0 Å². The van der Waals surface area contributed by atoms with Gasteiger partial charge in [-0.25, -0.2) is 9.97 Å². The largest absolute Gasteiger partial charge is 0.363 e. The first-order valence-electron chi connectivity index (χ1n) is 5.96. The van der Waals surface area contributed by atoms with Crippen molar-refractivity contribution in [3.63, 3.8) is 0 Å². The van der Waals surface area contributed by atoms with Crippen LogP contribution in [-0.2, 0) is 0 Å². The van der Waals surface area contributed by atoms with Gasteiger partial charge in [-0.15, -0.1) is 23.1 Å². The Morgan fingerprint density at radius 3 is 2.83 bits per heavy atom. The number of hydrogen-bond donors (Lipinski definition) is 0. The summed E-state index contributed by atoms with van der Waals surface area (Å²) in [5.74, 6) is 1.30. The Kier molecular flexibility index (Phi) is 3.03. The van der Waals surface area contributed by atoms with Crippen molar-refractivity contribution >= 4 is 33.3 Å². The Balaban J connectivity index is 2.16. The van der Waals surface area contributed by atoms with E-state index < -0.39 is 0 Å². The van der Waals surface area contributed by atoms with Crippen LogP contribution in [0.25, 0.3) is 10.2 Å². The maximum absolute atomic E-state index is 4.80. The molecule has 1 aliphatic heterocycles. The van der Waals surface area contributed by atoms with E-state index in [1.807, 2.05) is 0 Å². The van der Waals surface area contributed by atoms with Gasteiger partial charge in [0.05, 0.1) is 15.9 Å². The highest BCUT2D eigenvalue weighted by atomic mass is 32.2. The molecule has 0 saturated heterocycles. The Morgan fingerprint density at radius 2 is 2.17 bits per heavy atom. The summed E-state index contributed by atoms with van der Waals surface area (Å²) in [7, 11) is 2.10. The maximum atomic E-state index is 4.80. The van der Waals surface area contributed by atoms with Gasteiger partial charge in [0.15, 0.2) is 0 Å². The minimum Gasteiger partial charge on any atom is -0.363 e. The Bertz CT molecular complexity index is 603. The lowest BCUT2D eigenvalue weighted by Crippen LogP contribution is -2.15. The molecule has 1 aliphatic rings. The fraction of sp³-hybridized carbons (Fsp3) is 0.385. The third-order valence-electron chi connectivity index (χ3n) is 2.97. The summed E-state index contributed by atoms with van der Waals surface area (Å²) in [6.07, 6.45) is 2.10. The van der Waals surface area contributed by atoms with Gasteiger partial charge < -0.3 is 4.90 Å². The normalized spacial score (nSPS) is 19.3. The van der Waals surface area contributed by atoms with Crippen LogP contribution in [0.2, 0.25) is 0 Å². The highest BCUT2D eigenvalue weighted by molar-refractivity contribution is 8.02. The minimum absolute atomic E-state index is 0.284. The first-order chi connectivity index (χ1) is 8.66. The molecule has 3 rings (SSSR count). The van der Waals surface area contributed by atoms with Crippen molar-refractivity contribution in [2.45, 2.75) is 25.1 Å². The maximum Gasteiger partial charge on any atom is 0.132 e. The topological polar surface area (TPSA) is 29.0 Å². The molecule has 0 spiro atoms. The summed E-state index contributed by atoms with van der Waals surface area (Å²) < 4.78 is 1.22. The van der Waals surface area contributed by atoms with Crippen molar-refractivity contribution in [3.05, 3.63) is 34.6 Å². The summed E-state index contributed by atoms with van der Waals surface area (Å²) in [4.78, 5) is 11.6. The number of thioether (sulfide) groups is 1. The molecule has 0 amide bonds. The fourth-order valence-electron chi connectivity index (χ4n) is 1.97. The van der Waals surface area contributed by atoms with E-state index in [0.29, 0.717) is 5.92 Å². The monoisotopic (exact) mass is 277 g/mol. The summed E-state index contributed by atoms with van der Waals surface area (Å²) in [6.45, 7) is 4.28. The van der Waals surface area contributed by atoms with Gasteiger partial charge in [0.1, 0.15) is 11.2 Å². The van der Waals surface area contributed by atoms with Gasteiger partial charge in [-0.3, -0.25) is 0 Å². The summed E-state index contributed by atoms with van der Waals surface area (Å²) in [5, 5.41) is 4.51. The molecule has 1 atom stereocenters. The Labute approximate surface area is 115 Å². The van der Waals surface area contributed by atoms with Gasteiger partial charge in [0.25, 0.3) is 0 Å². The molecule has 2 aromatic rings. The van der Waals surface area contributed by atoms with Gasteiger partial charge in [-0.05, 0) is 16.9 Å². The first kappa shape index (κ1) is 12.0. The van der Waals surface area contributed by atoms with Crippen LogP contribution in [0.15, 0.2) is 23.1 Å². The smallest absolute Gasteiger partial charge is 0.132 e. The molecule has 3 nitrogen and oxygen atoms in total. The van der Waals surface area contributed by atoms with E-state index in [-0.39, 0.29) is 5.37 Å². The zero-order valence-electron chi connectivity index (χ0n) is 10.6. The minimum atomic E-state index is 0.284. The molecule has 0 fully saturated rings. The molecular formula is C13H15N3S2. The highest BCUT2D eigenvalue weighted by Gasteiger charge is 2.24. The number of rotatable bonds is 2. The van der Waals surface area contributed by atoms with Gasteiger partial charge in [0.2, 0.25) is 0 Å². The van der Waals surface area contributed by atoms with Gasteiger partial charge >= 0.3 is 0 Å². The van der Waals surface area contributed by atoms with Crippen molar-refractivity contribution in [2.24, 2.45) is 0 Å². The molecule has 2 aromatic heterocycles. The van der Waals surface area contributed by atoms with Crippen LogP contribution in [-0.4, -0.2) is 21.9 Å². The predicted octanol–water partition coefficient (Wildman–Crippen LogP) is 3.96. The standard InChI is InChI=1S/C13H15N3S2/c1-8(2)12-14-9-4-6-17-11(9)10(15-12)13-16(3)5-7-18-13/h4-8,13H,1-3H3. The van der Waals surface area contributed by atoms with Crippen LogP contribution < -0.4 is 0 Å². The van der Waals surface area contributed by atoms with Crippen LogP contribution in [0, 0.1) is 0 Å². The third kappa shape index (κ3) is 1.91. The second-order valence-electron chi connectivity index (χ2n) is 4.70. The molecule has 3 heterocycles. The van der Waals surface area contributed by atoms with Crippen molar-refractivity contribution in [2.75, 3.05) is 7.05 Å². The molecule has 0 saturated carbocycles. The molecule has 0 radical (unpaired) electrons. The molecule has 0 N–H and O–H groups in total.